The predicted molar refractivity (Wildman–Crippen MR) is 114 cm³/mol. The second-order valence-corrected chi connectivity index (χ2v) is 9.41. The maximum atomic E-state index is 12.8. The van der Waals surface area contributed by atoms with Crippen molar-refractivity contribution in [2.45, 2.75) is 17.7 Å². The second-order valence-electron chi connectivity index (χ2n) is 6.66. The normalized spacial score (nSPS) is 14.5. The summed E-state index contributed by atoms with van der Waals surface area (Å²) in [4.78, 5) is 24.3. The third-order valence-electron chi connectivity index (χ3n) is 4.56. The Morgan fingerprint density at radius 1 is 1.03 bits per heavy atom. The van der Waals surface area contributed by atoms with Crippen LogP contribution < -0.4 is 5.32 Å². The lowest BCUT2D eigenvalue weighted by Gasteiger charge is -2.17. The van der Waals surface area contributed by atoms with E-state index in [-0.39, 0.29) is 28.6 Å². The highest BCUT2D eigenvalue weighted by Gasteiger charge is 2.29. The minimum atomic E-state index is -3.75. The number of nitrogens with one attached hydrogen (secondary N) is 1. The van der Waals surface area contributed by atoms with Gasteiger partial charge in [-0.1, -0.05) is 29.3 Å². The predicted octanol–water partition coefficient (Wildman–Crippen LogP) is 3.36. The highest BCUT2D eigenvalue weighted by atomic mass is 35.5. The van der Waals surface area contributed by atoms with Crippen LogP contribution in [0.3, 0.4) is 0 Å². The molecule has 30 heavy (non-hydrogen) atoms. The standard InChI is InChI=1S/C20H20Cl2N2O5S/c21-16-5-3-4-15(12-16)20(26)29-11-8-23-19(25)14-6-7-17(22)18(13-14)30(27,28)24-9-1-2-10-24/h3-7,12-13H,1-2,8-11H2,(H,23,25). The molecular formula is C20H20Cl2N2O5S. The van der Waals surface area contributed by atoms with E-state index in [1.165, 1.54) is 28.6 Å². The lowest BCUT2D eigenvalue weighted by Crippen LogP contribution is -2.30. The van der Waals surface area contributed by atoms with E-state index in [0.717, 1.165) is 12.8 Å². The zero-order chi connectivity index (χ0) is 21.7. The molecule has 0 atom stereocenters. The molecular weight excluding hydrogens is 451 g/mol. The number of rotatable bonds is 7. The summed E-state index contributed by atoms with van der Waals surface area (Å²) in [6.45, 7) is 0.881. The van der Waals surface area contributed by atoms with Crippen LogP contribution in [0.5, 0.6) is 0 Å². The molecule has 10 heteroatoms. The molecule has 160 valence electrons. The SMILES string of the molecule is O=C(NCCOC(=O)c1cccc(Cl)c1)c1ccc(Cl)c(S(=O)(=O)N2CCCC2)c1. The van der Waals surface area contributed by atoms with Gasteiger partial charge < -0.3 is 10.1 Å². The summed E-state index contributed by atoms with van der Waals surface area (Å²) in [7, 11) is -3.75. The van der Waals surface area contributed by atoms with Crippen molar-refractivity contribution in [2.24, 2.45) is 0 Å². The Labute approximate surface area is 185 Å². The molecule has 1 fully saturated rings. The molecule has 1 saturated heterocycles. The maximum absolute atomic E-state index is 12.8. The van der Waals surface area contributed by atoms with Gasteiger partial charge in [-0.2, -0.15) is 4.31 Å². The first kappa shape index (κ1) is 22.6. The van der Waals surface area contributed by atoms with Crippen molar-refractivity contribution in [1.29, 1.82) is 0 Å². The van der Waals surface area contributed by atoms with Gasteiger partial charge in [0, 0.05) is 23.7 Å². The van der Waals surface area contributed by atoms with Crippen LogP contribution in [0.25, 0.3) is 0 Å². The molecule has 7 nitrogen and oxygen atoms in total. The van der Waals surface area contributed by atoms with Crippen LogP contribution in [0.4, 0.5) is 0 Å². The summed E-state index contributed by atoms with van der Waals surface area (Å²) in [5.41, 5.74) is 0.460. The average molecular weight is 471 g/mol. The number of sulfonamides is 1. The molecule has 1 heterocycles. The Kier molecular flexibility index (Phi) is 7.36. The molecule has 2 aromatic carbocycles. The van der Waals surface area contributed by atoms with Gasteiger partial charge in [0.25, 0.3) is 5.91 Å². The molecule has 1 amide bonds. The Hall–Kier alpha value is -2.13. The van der Waals surface area contributed by atoms with E-state index in [0.29, 0.717) is 23.7 Å². The van der Waals surface area contributed by atoms with Gasteiger partial charge in [0.05, 0.1) is 17.1 Å². The van der Waals surface area contributed by atoms with Crippen molar-refractivity contribution in [3.05, 3.63) is 63.6 Å². The number of carbonyl (C=O) groups excluding carboxylic acids is 2. The second kappa shape index (κ2) is 9.78. The lowest BCUT2D eigenvalue weighted by molar-refractivity contribution is 0.0503. The van der Waals surface area contributed by atoms with Gasteiger partial charge in [0.15, 0.2) is 0 Å². The Morgan fingerprint density at radius 2 is 1.77 bits per heavy atom. The van der Waals surface area contributed by atoms with Crippen LogP contribution in [0, 0.1) is 0 Å². The Balaban J connectivity index is 1.59. The van der Waals surface area contributed by atoms with Crippen LogP contribution in [0.15, 0.2) is 47.4 Å². The molecule has 0 bridgehead atoms. The number of hydrogen-bond donors (Lipinski definition) is 1. The van der Waals surface area contributed by atoms with E-state index in [1.807, 2.05) is 0 Å². The van der Waals surface area contributed by atoms with Crippen molar-refractivity contribution < 1.29 is 22.7 Å². The lowest BCUT2D eigenvalue weighted by atomic mass is 10.2. The molecule has 0 radical (unpaired) electrons. The molecule has 0 aliphatic carbocycles. The average Bonchev–Trinajstić information content (AvgIpc) is 3.27. The molecule has 1 aliphatic rings. The first-order chi connectivity index (χ1) is 14.3. The summed E-state index contributed by atoms with van der Waals surface area (Å²) in [6, 6.07) is 10.4. The molecule has 3 rings (SSSR count). The molecule has 1 N–H and O–H groups in total. The smallest absolute Gasteiger partial charge is 0.338 e. The van der Waals surface area contributed by atoms with Crippen LogP contribution in [-0.4, -0.2) is 50.8 Å². The van der Waals surface area contributed by atoms with Gasteiger partial charge >= 0.3 is 5.97 Å². The van der Waals surface area contributed by atoms with Crippen molar-refractivity contribution in [2.75, 3.05) is 26.2 Å². The number of esters is 1. The molecule has 2 aromatic rings. The molecule has 1 aliphatic heterocycles. The van der Waals surface area contributed by atoms with Gasteiger partial charge in [-0.05, 0) is 49.2 Å². The van der Waals surface area contributed by atoms with Crippen molar-refractivity contribution >= 4 is 45.1 Å². The van der Waals surface area contributed by atoms with Gasteiger partial charge in [0.1, 0.15) is 11.5 Å². The van der Waals surface area contributed by atoms with Crippen LogP contribution in [-0.2, 0) is 14.8 Å². The number of benzene rings is 2. The van der Waals surface area contributed by atoms with E-state index >= 15 is 0 Å². The number of carbonyl (C=O) groups is 2. The highest BCUT2D eigenvalue weighted by Crippen LogP contribution is 2.28. The number of halogens is 2. The largest absolute Gasteiger partial charge is 0.460 e. The third kappa shape index (κ3) is 5.31. The minimum absolute atomic E-state index is 0.0520. The Morgan fingerprint density at radius 3 is 2.47 bits per heavy atom. The molecule has 0 spiro atoms. The van der Waals surface area contributed by atoms with Gasteiger partial charge in [-0.25, -0.2) is 13.2 Å². The van der Waals surface area contributed by atoms with E-state index in [9.17, 15) is 18.0 Å². The van der Waals surface area contributed by atoms with Crippen LogP contribution in [0.2, 0.25) is 10.0 Å². The first-order valence-corrected chi connectivity index (χ1v) is 11.5. The van der Waals surface area contributed by atoms with Crippen molar-refractivity contribution in [1.82, 2.24) is 9.62 Å². The van der Waals surface area contributed by atoms with Crippen LogP contribution in [0.1, 0.15) is 33.6 Å². The minimum Gasteiger partial charge on any atom is -0.460 e. The number of hydrogen-bond acceptors (Lipinski definition) is 5. The van der Waals surface area contributed by atoms with Gasteiger partial charge in [-0.15, -0.1) is 0 Å². The summed E-state index contributed by atoms with van der Waals surface area (Å²) in [5, 5.41) is 3.07. The fourth-order valence-corrected chi connectivity index (χ4v) is 5.23. The zero-order valence-corrected chi connectivity index (χ0v) is 18.3. The summed E-state index contributed by atoms with van der Waals surface area (Å²) in [5.74, 6) is -1.06. The zero-order valence-electron chi connectivity index (χ0n) is 15.9. The molecule has 0 unspecified atom stereocenters. The van der Waals surface area contributed by atoms with Crippen molar-refractivity contribution in [3.63, 3.8) is 0 Å². The highest BCUT2D eigenvalue weighted by molar-refractivity contribution is 7.89. The third-order valence-corrected chi connectivity index (χ3v) is 7.17. The van der Waals surface area contributed by atoms with E-state index in [4.69, 9.17) is 27.9 Å². The van der Waals surface area contributed by atoms with E-state index in [2.05, 4.69) is 5.32 Å². The fraction of sp³-hybridized carbons (Fsp3) is 0.300. The number of ether oxygens (including phenoxy) is 1. The maximum Gasteiger partial charge on any atom is 0.338 e. The number of amides is 1. The first-order valence-electron chi connectivity index (χ1n) is 9.29. The molecule has 0 aromatic heterocycles. The summed E-state index contributed by atoms with van der Waals surface area (Å²) < 4.78 is 32.0. The van der Waals surface area contributed by atoms with E-state index < -0.39 is 21.9 Å². The summed E-state index contributed by atoms with van der Waals surface area (Å²) >= 11 is 11.9. The quantitative estimate of drug-likeness (QED) is 0.494. The van der Waals surface area contributed by atoms with Gasteiger partial charge in [-0.3, -0.25) is 4.79 Å². The van der Waals surface area contributed by atoms with Crippen LogP contribution >= 0.6 is 23.2 Å². The van der Waals surface area contributed by atoms with Crippen molar-refractivity contribution in [3.8, 4) is 0 Å². The topological polar surface area (TPSA) is 92.8 Å². The van der Waals surface area contributed by atoms with E-state index in [1.54, 1.807) is 18.2 Å². The fourth-order valence-electron chi connectivity index (χ4n) is 3.02. The Bertz CT molecular complexity index is 1050. The summed E-state index contributed by atoms with van der Waals surface area (Å²) in [6.07, 6.45) is 1.59. The monoisotopic (exact) mass is 470 g/mol. The molecule has 0 saturated carbocycles. The number of nitrogens with zero attached hydrogens (tertiary/aromatic N) is 1. The van der Waals surface area contributed by atoms with Gasteiger partial charge in [0.2, 0.25) is 10.0 Å².